The molecule has 0 spiro atoms. The van der Waals surface area contributed by atoms with Crippen molar-refractivity contribution in [3.63, 3.8) is 0 Å². The van der Waals surface area contributed by atoms with Crippen molar-refractivity contribution in [1.82, 2.24) is 9.80 Å². The molecule has 8 nitrogen and oxygen atoms in total. The van der Waals surface area contributed by atoms with Gasteiger partial charge in [-0.1, -0.05) is 37.1 Å². The number of phenols is 1. The number of hydrogen-bond donors (Lipinski definition) is 1. The van der Waals surface area contributed by atoms with Crippen molar-refractivity contribution in [2.24, 2.45) is 0 Å². The monoisotopic (exact) mass is 1200 g/mol. The molecule has 2 aliphatic rings. The van der Waals surface area contributed by atoms with Crippen molar-refractivity contribution in [3.8, 4) is 43.9 Å². The quantitative estimate of drug-likeness (QED) is 0.0802. The van der Waals surface area contributed by atoms with E-state index < -0.39 is 0 Å². The minimum atomic E-state index is -0.00181. The third-order valence-corrected chi connectivity index (χ3v) is 15.5. The second-order valence-electron chi connectivity index (χ2n) is 18.3. The fraction of sp³-hybridized carbons (Fsp3) is 0.288. The lowest BCUT2D eigenvalue weighted by molar-refractivity contribution is 0.103. The zero-order valence-corrected chi connectivity index (χ0v) is 47.9. The summed E-state index contributed by atoms with van der Waals surface area (Å²) in [5.41, 5.74) is 7.08. The number of aryl methyl sites for hydroxylation is 2. The van der Waals surface area contributed by atoms with Gasteiger partial charge in [0.1, 0.15) is 36.2 Å². The summed E-state index contributed by atoms with van der Waals surface area (Å²) in [5.74, 6) is 2.64. The van der Waals surface area contributed by atoms with E-state index >= 15 is 0 Å². The van der Waals surface area contributed by atoms with Crippen LogP contribution in [0, 0.1) is 13.8 Å². The fourth-order valence-corrected chi connectivity index (χ4v) is 11.9. The molecule has 0 bridgehead atoms. The molecule has 2 fully saturated rings. The second-order valence-corrected chi connectivity index (χ2v) is 26.9. The average molecular weight is 1210 g/mol. The Kier molecular flexibility index (Phi) is 19.9. The van der Waals surface area contributed by atoms with E-state index in [1.165, 1.54) is 57.2 Å². The highest BCUT2D eigenvalue weighted by Crippen LogP contribution is 2.42. The number of ether oxygens (including phenoxy) is 3. The second kappa shape index (κ2) is 26.6. The van der Waals surface area contributed by atoms with Crippen LogP contribution in [0.3, 0.4) is 0 Å². The van der Waals surface area contributed by atoms with Gasteiger partial charge in [0.25, 0.3) is 0 Å². The highest BCUT2D eigenvalue weighted by molar-refractivity contribution is 9.69. The number of methoxy groups -OCH3 is 1. The van der Waals surface area contributed by atoms with Gasteiger partial charge in [0.05, 0.1) is 7.11 Å². The van der Waals surface area contributed by atoms with E-state index in [0.717, 1.165) is 95.6 Å². The Hall–Kier alpha value is -4.80. The van der Waals surface area contributed by atoms with Gasteiger partial charge in [-0.05, 0) is 197 Å². The summed E-state index contributed by atoms with van der Waals surface area (Å²) >= 11 is 12.6. The van der Waals surface area contributed by atoms with Crippen LogP contribution in [0.2, 0.25) is 0 Å². The molecule has 14 heteroatoms. The first-order valence-corrected chi connectivity index (χ1v) is 29.2. The van der Waals surface area contributed by atoms with E-state index in [4.69, 9.17) is 14.2 Å². The van der Waals surface area contributed by atoms with Gasteiger partial charge in [-0.25, -0.2) is 0 Å². The van der Waals surface area contributed by atoms with E-state index in [0.29, 0.717) is 29.9 Å². The van der Waals surface area contributed by atoms with Crippen LogP contribution in [-0.2, 0) is 0 Å². The molecule has 4 heterocycles. The van der Waals surface area contributed by atoms with Gasteiger partial charge in [-0.3, -0.25) is 19.4 Å². The summed E-state index contributed by atoms with van der Waals surface area (Å²) < 4.78 is 19.7. The van der Waals surface area contributed by atoms with E-state index in [1.54, 1.807) is 41.9 Å². The van der Waals surface area contributed by atoms with Crippen molar-refractivity contribution in [2.45, 2.75) is 52.4 Å². The normalized spacial score (nSPS) is 13.9. The van der Waals surface area contributed by atoms with Crippen LogP contribution in [0.1, 0.15) is 81.5 Å². The summed E-state index contributed by atoms with van der Waals surface area (Å²) in [6.07, 6.45) is 7.80. The van der Waals surface area contributed by atoms with Crippen molar-refractivity contribution in [3.05, 3.63) is 167 Å². The molecule has 0 unspecified atom stereocenters. The third-order valence-electron chi connectivity index (χ3n) is 13.1. The van der Waals surface area contributed by atoms with E-state index in [-0.39, 0.29) is 20.5 Å². The molecule has 0 atom stereocenters. The smallest absolute Gasteiger partial charge is 0.369 e. The van der Waals surface area contributed by atoms with Gasteiger partial charge >= 0.3 is 3.18 Å². The molecule has 0 radical (unpaired) electrons. The van der Waals surface area contributed by atoms with Crippen molar-refractivity contribution in [2.75, 3.05) is 59.6 Å². The van der Waals surface area contributed by atoms with Gasteiger partial charge in [0, 0.05) is 65.3 Å². The molecule has 0 amide bonds. The summed E-state index contributed by atoms with van der Waals surface area (Å²) in [7, 11) is 1.66. The van der Waals surface area contributed by atoms with Crippen LogP contribution in [0.5, 0.6) is 23.0 Å². The number of piperidine rings is 2. The highest BCUT2D eigenvalue weighted by atomic mass is 79.9. The van der Waals surface area contributed by atoms with Crippen molar-refractivity contribution < 1.29 is 28.9 Å². The standard InChI is InChI=1S/C30H31NO3S.C29H29NO3S.BBr3/c1-21-6-15-26-27(20-21)35-30(23-9-11-24(33-2)12-10-23)28(26)29(32)22-7-13-25(14-8-22)34-19-18-31-16-4-3-5-17-31;1-20-5-14-25-26(19-20)34-29(22-6-10-23(31)11-7-22)27(25)28(32)21-8-12-24(13-9-21)33-18-17-30-15-3-2-4-16-30;2-1(3)4/h6-15,20H,3-5,16-19H2,1-2H3;5-14,19,31H,2-4,15-18H2,1H3;. The number of ketones is 2. The lowest BCUT2D eigenvalue weighted by Gasteiger charge is -2.26. The summed E-state index contributed by atoms with van der Waals surface area (Å²) in [6, 6.07) is 42.6. The Morgan fingerprint density at radius 1 is 0.534 bits per heavy atom. The summed E-state index contributed by atoms with van der Waals surface area (Å²) in [5, 5.41) is 11.7. The highest BCUT2D eigenvalue weighted by Gasteiger charge is 2.24. The van der Waals surface area contributed by atoms with Crippen LogP contribution in [0.25, 0.3) is 41.1 Å². The van der Waals surface area contributed by atoms with Crippen LogP contribution < -0.4 is 14.2 Å². The third kappa shape index (κ3) is 14.7. The van der Waals surface area contributed by atoms with Crippen LogP contribution in [0.4, 0.5) is 0 Å². The zero-order valence-electron chi connectivity index (χ0n) is 41.5. The molecular formula is C59H60BBr3N2O6S2. The Bertz CT molecular complexity index is 3080. The fourth-order valence-electron chi connectivity index (χ4n) is 9.27. The zero-order chi connectivity index (χ0) is 51.3. The molecule has 2 aromatic heterocycles. The number of phenolic OH excluding ortho intramolecular Hbond substituents is 1. The maximum absolute atomic E-state index is 13.8. The number of hydrogen-bond acceptors (Lipinski definition) is 10. The number of carbonyl (C=O) groups is 2. The lowest BCUT2D eigenvalue weighted by atomic mass is 9.97. The number of benzene rings is 6. The van der Waals surface area contributed by atoms with Gasteiger partial charge in [0.2, 0.25) is 0 Å². The number of halogens is 3. The van der Waals surface area contributed by atoms with Crippen LogP contribution in [-0.4, -0.2) is 89.2 Å². The Labute approximate surface area is 462 Å². The molecule has 0 aliphatic carbocycles. The number of rotatable bonds is 15. The molecule has 6 aromatic carbocycles. The Balaban J connectivity index is 0.000000182. The minimum Gasteiger partial charge on any atom is -0.508 e. The van der Waals surface area contributed by atoms with Gasteiger partial charge < -0.3 is 19.3 Å². The molecule has 10 rings (SSSR count). The van der Waals surface area contributed by atoms with Crippen LogP contribution >= 0.6 is 69.9 Å². The summed E-state index contributed by atoms with van der Waals surface area (Å²) in [6.45, 7) is 12.0. The van der Waals surface area contributed by atoms with Crippen molar-refractivity contribution >= 4 is 105 Å². The topological polar surface area (TPSA) is 88.5 Å². The molecule has 0 saturated carbocycles. The van der Waals surface area contributed by atoms with Crippen LogP contribution in [0.15, 0.2) is 133 Å². The lowest BCUT2D eigenvalue weighted by Crippen LogP contribution is -2.33. The number of carbonyl (C=O) groups excluding carboxylic acids is 2. The molecule has 73 heavy (non-hydrogen) atoms. The summed E-state index contributed by atoms with van der Waals surface area (Å²) in [4.78, 5) is 34.3. The van der Waals surface area contributed by atoms with E-state index in [9.17, 15) is 14.7 Å². The number of likely N-dealkylation sites (tertiary alicyclic amines) is 2. The largest absolute Gasteiger partial charge is 0.508 e. The van der Waals surface area contributed by atoms with Gasteiger partial charge in [-0.15, -0.1) is 69.9 Å². The van der Waals surface area contributed by atoms with E-state index in [1.807, 2.05) is 97.1 Å². The Morgan fingerprint density at radius 2 is 0.904 bits per heavy atom. The number of nitrogens with zero attached hydrogens (tertiary/aromatic N) is 2. The average Bonchev–Trinajstić information content (AvgIpc) is 3.98. The van der Waals surface area contributed by atoms with E-state index in [2.05, 4.69) is 95.2 Å². The number of aromatic hydroxyl groups is 1. The molecule has 1 N–H and O–H groups in total. The molecular weight excluding hydrogens is 1150 g/mol. The predicted octanol–water partition coefficient (Wildman–Crippen LogP) is 15.8. The first-order chi connectivity index (χ1) is 35.4. The van der Waals surface area contributed by atoms with Crippen molar-refractivity contribution in [1.29, 1.82) is 0 Å². The van der Waals surface area contributed by atoms with Gasteiger partial charge in [-0.2, -0.15) is 0 Å². The first-order valence-electron chi connectivity index (χ1n) is 24.9. The molecule has 8 aromatic rings. The van der Waals surface area contributed by atoms with Gasteiger partial charge in [0.15, 0.2) is 11.6 Å². The predicted molar refractivity (Wildman–Crippen MR) is 316 cm³/mol. The molecule has 2 saturated heterocycles. The number of thiophene rings is 2. The number of fused-ring (bicyclic) bond motifs is 2. The minimum absolute atomic E-state index is 0.00181. The molecule has 378 valence electrons. The molecule has 2 aliphatic heterocycles. The Morgan fingerprint density at radius 3 is 1.29 bits per heavy atom. The maximum atomic E-state index is 13.8. The SMILES string of the molecule is BrB(Br)Br.COc1ccc(-c2sc3cc(C)ccc3c2C(=O)c2ccc(OCCN3CCCCC3)cc2)cc1.Cc1ccc2c(C(=O)c3ccc(OCCN4CCCCC4)cc3)c(-c3ccc(O)cc3)sc2c1. The first kappa shape index (κ1) is 54.5. The maximum Gasteiger partial charge on any atom is 0.369 e.